The molecule has 3 N–H and O–H groups in total. The minimum Gasteiger partial charge on any atom is -0.389 e. The zero-order valence-electron chi connectivity index (χ0n) is 12.6. The van der Waals surface area contributed by atoms with Crippen molar-refractivity contribution >= 4 is 33.9 Å². The fraction of sp³-hybridized carbons (Fsp3) is 0.375. The summed E-state index contributed by atoms with van der Waals surface area (Å²) in [6.07, 6.45) is 0. The van der Waals surface area contributed by atoms with Crippen LogP contribution < -0.4 is 11.1 Å². The molecule has 0 fully saturated rings. The number of thiocarbonyl (C=S) groups is 1. The van der Waals surface area contributed by atoms with Gasteiger partial charge in [-0.25, -0.2) is 4.98 Å². The number of likely N-dealkylation sites (N-methyl/N-ethyl adjacent to an activating group) is 1. The van der Waals surface area contributed by atoms with Crippen LogP contribution in [0.4, 0.5) is 5.82 Å². The molecule has 0 aliphatic rings. The van der Waals surface area contributed by atoms with E-state index in [-0.39, 0.29) is 0 Å². The number of nitrogens with two attached hydrogens (primary N) is 1. The van der Waals surface area contributed by atoms with Gasteiger partial charge in [0.1, 0.15) is 10.8 Å². The summed E-state index contributed by atoms with van der Waals surface area (Å²) in [4.78, 5) is 7.39. The van der Waals surface area contributed by atoms with E-state index in [1.807, 2.05) is 30.3 Å². The van der Waals surface area contributed by atoms with Crippen LogP contribution in [0, 0.1) is 0 Å². The lowest BCUT2D eigenvalue weighted by Crippen LogP contribution is -2.28. The fourth-order valence-corrected chi connectivity index (χ4v) is 2.52. The van der Waals surface area contributed by atoms with Crippen molar-refractivity contribution in [2.24, 2.45) is 5.73 Å². The summed E-state index contributed by atoms with van der Waals surface area (Å²) in [5.41, 5.74) is 7.62. The molecule has 1 heterocycles. The van der Waals surface area contributed by atoms with Crippen molar-refractivity contribution < 1.29 is 0 Å². The van der Waals surface area contributed by atoms with Gasteiger partial charge in [0, 0.05) is 24.0 Å². The van der Waals surface area contributed by atoms with E-state index in [2.05, 4.69) is 29.0 Å². The highest BCUT2D eigenvalue weighted by Crippen LogP contribution is 2.20. The first-order chi connectivity index (χ1) is 10.2. The molecular weight excluding hydrogens is 280 g/mol. The molecule has 2 rings (SSSR count). The smallest absolute Gasteiger partial charge is 0.127 e. The molecule has 2 aromatic rings. The maximum atomic E-state index is 5.84. The summed E-state index contributed by atoms with van der Waals surface area (Å²) in [6, 6.07) is 9.85. The second-order valence-electron chi connectivity index (χ2n) is 4.89. The average Bonchev–Trinajstić information content (AvgIpc) is 2.50. The van der Waals surface area contributed by atoms with Crippen molar-refractivity contribution in [3.8, 4) is 0 Å². The molecule has 0 radical (unpaired) electrons. The van der Waals surface area contributed by atoms with Crippen LogP contribution in [0.3, 0.4) is 0 Å². The molecular formula is C16H22N4S. The lowest BCUT2D eigenvalue weighted by atomic mass is 10.1. The normalized spacial score (nSPS) is 11.0. The van der Waals surface area contributed by atoms with Crippen molar-refractivity contribution in [2.45, 2.75) is 13.8 Å². The number of hydrogen-bond donors (Lipinski definition) is 2. The third-order valence-electron chi connectivity index (χ3n) is 3.61. The number of hydrogen-bond acceptors (Lipinski definition) is 4. The summed E-state index contributed by atoms with van der Waals surface area (Å²) in [7, 11) is 0. The average molecular weight is 302 g/mol. The number of para-hydroxylation sites is 1. The van der Waals surface area contributed by atoms with Crippen molar-refractivity contribution in [1.29, 1.82) is 0 Å². The topological polar surface area (TPSA) is 54.2 Å². The first-order valence-corrected chi connectivity index (χ1v) is 7.72. The number of aromatic nitrogens is 1. The number of nitrogens with one attached hydrogen (secondary N) is 1. The van der Waals surface area contributed by atoms with E-state index in [9.17, 15) is 0 Å². The number of nitrogens with zero attached hydrogens (tertiary/aromatic N) is 2. The van der Waals surface area contributed by atoms with Crippen LogP contribution in [-0.4, -0.2) is 41.1 Å². The fourth-order valence-electron chi connectivity index (χ4n) is 2.35. The van der Waals surface area contributed by atoms with E-state index < -0.39 is 0 Å². The van der Waals surface area contributed by atoms with Gasteiger partial charge in [-0.1, -0.05) is 44.3 Å². The Hall–Kier alpha value is -1.72. The van der Waals surface area contributed by atoms with Crippen LogP contribution in [0.5, 0.6) is 0 Å². The quantitative estimate of drug-likeness (QED) is 0.770. The Bertz CT molecular complexity index is 623. The Morgan fingerprint density at radius 1 is 1.29 bits per heavy atom. The van der Waals surface area contributed by atoms with Gasteiger partial charge >= 0.3 is 0 Å². The van der Waals surface area contributed by atoms with E-state index >= 15 is 0 Å². The van der Waals surface area contributed by atoms with Crippen molar-refractivity contribution in [3.05, 3.63) is 35.9 Å². The second kappa shape index (κ2) is 7.33. The van der Waals surface area contributed by atoms with Gasteiger partial charge in [0.25, 0.3) is 0 Å². The highest BCUT2D eigenvalue weighted by Gasteiger charge is 2.07. The summed E-state index contributed by atoms with van der Waals surface area (Å²) < 4.78 is 0. The third kappa shape index (κ3) is 3.89. The molecule has 0 saturated carbocycles. The predicted octanol–water partition coefficient (Wildman–Crippen LogP) is 2.62. The summed E-state index contributed by atoms with van der Waals surface area (Å²) in [6.45, 7) is 8.29. The van der Waals surface area contributed by atoms with E-state index in [1.165, 1.54) is 0 Å². The van der Waals surface area contributed by atoms with Gasteiger partial charge in [0.2, 0.25) is 0 Å². The molecule has 1 aromatic heterocycles. The molecule has 0 spiro atoms. The SMILES string of the molecule is CCN(CC)CCNc1cc(C(N)=S)c2ccccc2n1. The molecule has 0 aliphatic carbocycles. The molecule has 0 aliphatic heterocycles. The number of rotatable bonds is 7. The van der Waals surface area contributed by atoms with E-state index in [1.54, 1.807) is 0 Å². The molecule has 0 unspecified atom stereocenters. The van der Waals surface area contributed by atoms with Gasteiger partial charge in [0.15, 0.2) is 0 Å². The van der Waals surface area contributed by atoms with E-state index in [0.717, 1.165) is 48.5 Å². The molecule has 5 heteroatoms. The Balaban J connectivity index is 2.19. The highest BCUT2D eigenvalue weighted by atomic mass is 32.1. The van der Waals surface area contributed by atoms with Crippen molar-refractivity contribution in [1.82, 2.24) is 9.88 Å². The Kier molecular flexibility index (Phi) is 5.47. The van der Waals surface area contributed by atoms with Gasteiger partial charge in [-0.05, 0) is 25.2 Å². The van der Waals surface area contributed by atoms with Crippen LogP contribution in [0.25, 0.3) is 10.9 Å². The van der Waals surface area contributed by atoms with Crippen LogP contribution >= 0.6 is 12.2 Å². The molecule has 0 bridgehead atoms. The number of pyridine rings is 1. The largest absolute Gasteiger partial charge is 0.389 e. The predicted molar refractivity (Wildman–Crippen MR) is 93.9 cm³/mol. The molecule has 0 amide bonds. The second-order valence-corrected chi connectivity index (χ2v) is 5.33. The van der Waals surface area contributed by atoms with Gasteiger partial charge in [-0.2, -0.15) is 0 Å². The summed E-state index contributed by atoms with van der Waals surface area (Å²) >= 11 is 5.15. The van der Waals surface area contributed by atoms with Gasteiger partial charge < -0.3 is 16.0 Å². The maximum Gasteiger partial charge on any atom is 0.127 e. The van der Waals surface area contributed by atoms with Crippen LogP contribution in [-0.2, 0) is 0 Å². The first kappa shape index (κ1) is 15.7. The Morgan fingerprint density at radius 3 is 2.67 bits per heavy atom. The lowest BCUT2D eigenvalue weighted by molar-refractivity contribution is 0.316. The zero-order chi connectivity index (χ0) is 15.2. The van der Waals surface area contributed by atoms with Crippen LogP contribution in [0.15, 0.2) is 30.3 Å². The molecule has 0 atom stereocenters. The molecule has 21 heavy (non-hydrogen) atoms. The van der Waals surface area contributed by atoms with Crippen LogP contribution in [0.1, 0.15) is 19.4 Å². The van der Waals surface area contributed by atoms with Crippen LogP contribution in [0.2, 0.25) is 0 Å². The highest BCUT2D eigenvalue weighted by molar-refractivity contribution is 7.80. The van der Waals surface area contributed by atoms with Gasteiger partial charge in [0.05, 0.1) is 5.52 Å². The van der Waals surface area contributed by atoms with Gasteiger partial charge in [-0.3, -0.25) is 0 Å². The standard InChI is InChI=1S/C16H22N4S/c1-3-20(4-2)10-9-18-15-11-13(16(17)21)12-7-5-6-8-14(12)19-15/h5-8,11H,3-4,9-10H2,1-2H3,(H2,17,21)(H,18,19). The minimum atomic E-state index is 0.403. The maximum absolute atomic E-state index is 5.84. The Labute approximate surface area is 131 Å². The number of benzene rings is 1. The zero-order valence-corrected chi connectivity index (χ0v) is 13.4. The van der Waals surface area contributed by atoms with E-state index in [0.29, 0.717) is 4.99 Å². The summed E-state index contributed by atoms with van der Waals surface area (Å²) in [5, 5.41) is 4.36. The van der Waals surface area contributed by atoms with Gasteiger partial charge in [-0.15, -0.1) is 0 Å². The Morgan fingerprint density at radius 2 is 2.00 bits per heavy atom. The molecule has 112 valence electrons. The number of fused-ring (bicyclic) bond motifs is 1. The molecule has 1 aromatic carbocycles. The first-order valence-electron chi connectivity index (χ1n) is 7.31. The number of anilines is 1. The lowest BCUT2D eigenvalue weighted by Gasteiger charge is -2.18. The van der Waals surface area contributed by atoms with Crippen molar-refractivity contribution in [2.75, 3.05) is 31.5 Å². The van der Waals surface area contributed by atoms with E-state index in [4.69, 9.17) is 18.0 Å². The third-order valence-corrected chi connectivity index (χ3v) is 3.83. The minimum absolute atomic E-state index is 0.403. The summed E-state index contributed by atoms with van der Waals surface area (Å²) in [5.74, 6) is 0.823. The van der Waals surface area contributed by atoms with Crippen molar-refractivity contribution in [3.63, 3.8) is 0 Å². The molecule has 0 saturated heterocycles. The monoisotopic (exact) mass is 302 g/mol. The molecule has 4 nitrogen and oxygen atoms in total.